The van der Waals surface area contributed by atoms with Crippen molar-refractivity contribution in [2.45, 2.75) is 52.6 Å². The van der Waals surface area contributed by atoms with Crippen molar-refractivity contribution in [3.8, 4) is 12.3 Å². The molecule has 0 N–H and O–H groups in total. The highest BCUT2D eigenvalue weighted by Crippen LogP contribution is 2.23. The molecule has 0 saturated carbocycles. The summed E-state index contributed by atoms with van der Waals surface area (Å²) in [6, 6.07) is 0. The van der Waals surface area contributed by atoms with E-state index in [1.165, 1.54) is 0 Å². The Hall–Kier alpha value is -0.480. The molecule has 0 unspecified atom stereocenters. The summed E-state index contributed by atoms with van der Waals surface area (Å²) in [7, 11) is 0. The van der Waals surface area contributed by atoms with Crippen LogP contribution >= 0.6 is 0 Å². The van der Waals surface area contributed by atoms with Crippen molar-refractivity contribution in [2.75, 3.05) is 6.54 Å². The smallest absolute Gasteiger partial charge is 0.0608 e. The summed E-state index contributed by atoms with van der Waals surface area (Å²) < 4.78 is 0. The lowest BCUT2D eigenvalue weighted by molar-refractivity contribution is 0.0543. The molecule has 1 heteroatoms. The molecule has 0 aromatic rings. The van der Waals surface area contributed by atoms with Gasteiger partial charge in [0.25, 0.3) is 0 Å². The van der Waals surface area contributed by atoms with E-state index in [1.54, 1.807) is 0 Å². The molecule has 0 aliphatic heterocycles. The van der Waals surface area contributed by atoms with Gasteiger partial charge in [-0.2, -0.15) is 0 Å². The van der Waals surface area contributed by atoms with Crippen LogP contribution in [0.2, 0.25) is 0 Å². The Kier molecular flexibility index (Phi) is 3.35. The lowest BCUT2D eigenvalue weighted by Crippen LogP contribution is -2.52. The van der Waals surface area contributed by atoms with E-state index < -0.39 is 0 Å². The van der Waals surface area contributed by atoms with Crippen LogP contribution in [0.15, 0.2) is 0 Å². The first kappa shape index (κ1) is 11.5. The van der Waals surface area contributed by atoms with Crippen LogP contribution in [0.4, 0.5) is 0 Å². The zero-order valence-electron chi connectivity index (χ0n) is 9.23. The summed E-state index contributed by atoms with van der Waals surface area (Å²) >= 11 is 0. The van der Waals surface area contributed by atoms with Crippen LogP contribution in [-0.2, 0) is 0 Å². The third kappa shape index (κ3) is 3.28. The Morgan fingerprint density at radius 2 is 1.33 bits per heavy atom. The predicted octanol–water partition coefficient (Wildman–Crippen LogP) is 2.52. The summed E-state index contributed by atoms with van der Waals surface area (Å²) in [5.41, 5.74) is 0.287. The molecular formula is C11H21N. The van der Waals surface area contributed by atoms with Crippen molar-refractivity contribution in [1.29, 1.82) is 0 Å². The molecule has 0 spiro atoms. The third-order valence-corrected chi connectivity index (χ3v) is 1.87. The van der Waals surface area contributed by atoms with Crippen LogP contribution in [0.5, 0.6) is 0 Å². The number of nitrogens with zero attached hydrogens (tertiary/aromatic N) is 1. The van der Waals surface area contributed by atoms with Crippen molar-refractivity contribution in [3.63, 3.8) is 0 Å². The van der Waals surface area contributed by atoms with Crippen molar-refractivity contribution in [3.05, 3.63) is 0 Å². The highest BCUT2D eigenvalue weighted by molar-refractivity contribution is 4.96. The van der Waals surface area contributed by atoms with E-state index in [9.17, 15) is 0 Å². The molecule has 0 aromatic carbocycles. The molecule has 0 amide bonds. The molecule has 1 nitrogen and oxygen atoms in total. The van der Waals surface area contributed by atoms with E-state index in [-0.39, 0.29) is 11.1 Å². The first-order chi connectivity index (χ1) is 5.19. The minimum atomic E-state index is 0.143. The summed E-state index contributed by atoms with van der Waals surface area (Å²) in [5, 5.41) is 0. The summed E-state index contributed by atoms with van der Waals surface area (Å²) in [6.45, 7) is 13.9. The SMILES string of the molecule is C#CCN(C(C)(C)C)C(C)(C)C. The van der Waals surface area contributed by atoms with Crippen LogP contribution in [0.1, 0.15) is 41.5 Å². The largest absolute Gasteiger partial charge is 0.283 e. The van der Waals surface area contributed by atoms with Crippen LogP contribution in [0.3, 0.4) is 0 Å². The van der Waals surface area contributed by atoms with Crippen LogP contribution in [0.25, 0.3) is 0 Å². The van der Waals surface area contributed by atoms with Gasteiger partial charge < -0.3 is 0 Å². The van der Waals surface area contributed by atoms with Gasteiger partial charge in [-0.15, -0.1) is 6.42 Å². The second-order valence-electron chi connectivity index (χ2n) is 5.13. The molecule has 0 aromatic heterocycles. The number of hydrogen-bond acceptors (Lipinski definition) is 1. The van der Waals surface area contributed by atoms with Crippen molar-refractivity contribution in [1.82, 2.24) is 4.90 Å². The van der Waals surface area contributed by atoms with Gasteiger partial charge in [-0.1, -0.05) is 5.92 Å². The summed E-state index contributed by atoms with van der Waals surface area (Å²) in [6.07, 6.45) is 5.33. The fourth-order valence-electron chi connectivity index (χ4n) is 1.57. The normalized spacial score (nSPS) is 13.2. The van der Waals surface area contributed by atoms with E-state index in [0.717, 1.165) is 0 Å². The van der Waals surface area contributed by atoms with Gasteiger partial charge in [0.2, 0.25) is 0 Å². The average molecular weight is 167 g/mol. The van der Waals surface area contributed by atoms with E-state index in [2.05, 4.69) is 52.4 Å². The van der Waals surface area contributed by atoms with Gasteiger partial charge in [-0.25, -0.2) is 0 Å². The molecule has 70 valence electrons. The summed E-state index contributed by atoms with van der Waals surface area (Å²) in [4.78, 5) is 2.32. The van der Waals surface area contributed by atoms with E-state index in [0.29, 0.717) is 6.54 Å². The Labute approximate surface area is 77.1 Å². The number of terminal acetylenes is 1. The number of hydrogen-bond donors (Lipinski definition) is 0. The van der Waals surface area contributed by atoms with E-state index >= 15 is 0 Å². The summed E-state index contributed by atoms with van der Waals surface area (Å²) in [5.74, 6) is 2.71. The zero-order chi connectivity index (χ0) is 9.99. The molecule has 0 aliphatic carbocycles. The van der Waals surface area contributed by atoms with Gasteiger partial charge in [0.05, 0.1) is 6.54 Å². The maximum absolute atomic E-state index is 5.33. The molecule has 0 heterocycles. The Balaban J connectivity index is 4.59. The molecule has 0 atom stereocenters. The van der Waals surface area contributed by atoms with Crippen LogP contribution in [0, 0.1) is 12.3 Å². The zero-order valence-corrected chi connectivity index (χ0v) is 9.23. The quantitative estimate of drug-likeness (QED) is 0.542. The van der Waals surface area contributed by atoms with Crippen molar-refractivity contribution < 1.29 is 0 Å². The molecule has 0 fully saturated rings. The van der Waals surface area contributed by atoms with Crippen molar-refractivity contribution in [2.24, 2.45) is 0 Å². The highest BCUT2D eigenvalue weighted by atomic mass is 15.2. The van der Waals surface area contributed by atoms with Gasteiger partial charge in [0.1, 0.15) is 0 Å². The number of rotatable bonds is 1. The fraction of sp³-hybridized carbons (Fsp3) is 0.818. The third-order valence-electron chi connectivity index (χ3n) is 1.87. The Bertz CT molecular complexity index is 159. The lowest BCUT2D eigenvalue weighted by Gasteiger charge is -2.44. The molecule has 0 radical (unpaired) electrons. The monoisotopic (exact) mass is 167 g/mol. The molecule has 0 saturated heterocycles. The highest BCUT2D eigenvalue weighted by Gasteiger charge is 2.30. The van der Waals surface area contributed by atoms with Crippen LogP contribution in [-0.4, -0.2) is 22.5 Å². The maximum atomic E-state index is 5.33. The lowest BCUT2D eigenvalue weighted by atomic mass is 9.96. The van der Waals surface area contributed by atoms with Gasteiger partial charge in [-0.05, 0) is 41.5 Å². The first-order valence-electron chi connectivity index (χ1n) is 4.41. The Morgan fingerprint density at radius 3 is 1.42 bits per heavy atom. The topological polar surface area (TPSA) is 3.24 Å². The average Bonchev–Trinajstić information content (AvgIpc) is 1.77. The first-order valence-corrected chi connectivity index (χ1v) is 4.41. The Morgan fingerprint density at radius 1 is 1.00 bits per heavy atom. The van der Waals surface area contributed by atoms with Gasteiger partial charge in [-0.3, -0.25) is 4.90 Å². The standard InChI is InChI=1S/C11H21N/c1-8-9-12(10(2,3)4)11(5,6)7/h1H,9H2,2-7H3. The van der Waals surface area contributed by atoms with E-state index in [4.69, 9.17) is 6.42 Å². The molecule has 0 rings (SSSR count). The second-order valence-corrected chi connectivity index (χ2v) is 5.13. The van der Waals surface area contributed by atoms with E-state index in [1.807, 2.05) is 0 Å². The van der Waals surface area contributed by atoms with Crippen LogP contribution < -0.4 is 0 Å². The minimum absolute atomic E-state index is 0.143. The molecule has 0 bridgehead atoms. The fourth-order valence-corrected chi connectivity index (χ4v) is 1.57. The molecule has 0 aliphatic rings. The van der Waals surface area contributed by atoms with Gasteiger partial charge >= 0.3 is 0 Å². The van der Waals surface area contributed by atoms with Gasteiger partial charge in [0, 0.05) is 11.1 Å². The molecular weight excluding hydrogens is 146 g/mol. The second kappa shape index (κ2) is 3.49. The predicted molar refractivity (Wildman–Crippen MR) is 55.0 cm³/mol. The van der Waals surface area contributed by atoms with Crippen molar-refractivity contribution >= 4 is 0 Å². The maximum Gasteiger partial charge on any atom is 0.0608 e. The van der Waals surface area contributed by atoms with Gasteiger partial charge in [0.15, 0.2) is 0 Å². The minimum Gasteiger partial charge on any atom is -0.283 e. The molecule has 12 heavy (non-hydrogen) atoms.